The molecule has 0 spiro atoms. The van der Waals surface area contributed by atoms with Crippen molar-refractivity contribution >= 4 is 11.7 Å². The molecule has 6 rings (SSSR count). The van der Waals surface area contributed by atoms with E-state index >= 15 is 0 Å². The molecule has 0 amide bonds. The summed E-state index contributed by atoms with van der Waals surface area (Å²) in [4.78, 5) is 20.8. The van der Waals surface area contributed by atoms with Gasteiger partial charge >= 0.3 is 6.09 Å². The molecule has 4 aliphatic carbocycles. The topological polar surface area (TPSA) is 57.0 Å². The Balaban J connectivity index is 1.21. The van der Waals surface area contributed by atoms with Gasteiger partial charge in [-0.05, 0) is 84.3 Å². The first kappa shape index (κ1) is 20.9. The monoisotopic (exact) mass is 443 g/mol. The number of hydrogen-bond acceptors (Lipinski definition) is 4. The second-order valence-corrected chi connectivity index (χ2v) is 11.0. The zero-order valence-electron chi connectivity index (χ0n) is 19.6. The van der Waals surface area contributed by atoms with Crippen LogP contribution in [0.25, 0.3) is 5.57 Å². The molecule has 2 heterocycles. The number of imidazole rings is 1. The predicted octanol–water partition coefficient (Wildman–Crippen LogP) is 6.29. The molecule has 5 nitrogen and oxygen atoms in total. The van der Waals surface area contributed by atoms with Gasteiger partial charge in [-0.1, -0.05) is 37.6 Å². The lowest BCUT2D eigenvalue weighted by atomic mass is 9.47. The van der Waals surface area contributed by atoms with Crippen LogP contribution in [0.4, 0.5) is 4.79 Å². The molecule has 0 aliphatic heterocycles. The molecule has 6 unspecified atom stereocenters. The molecule has 0 aromatic carbocycles. The molecular weight excluding hydrogens is 410 g/mol. The normalized spacial score (nSPS) is 37.3. The van der Waals surface area contributed by atoms with Crippen molar-refractivity contribution in [1.82, 2.24) is 14.5 Å². The standard InChI is InChI=1S/C28H33N3O2/c1-27-11-9-21(33-26(32)31-15-14-30-18-31)16-20(27)5-6-22-24-8-7-23(19-4-3-13-29-17-19)28(24,2)12-10-25(22)27/h3-5,7,13-15,17-18,21-22,24-25H,6,8-12,16H2,1-2H3. The highest BCUT2D eigenvalue weighted by Gasteiger charge is 2.57. The van der Waals surface area contributed by atoms with Gasteiger partial charge in [-0.15, -0.1) is 0 Å². The van der Waals surface area contributed by atoms with E-state index in [2.05, 4.69) is 48.1 Å². The van der Waals surface area contributed by atoms with Crippen LogP contribution in [0, 0.1) is 28.6 Å². The number of carbonyl (C=O) groups is 1. The molecular formula is C28H33N3O2. The van der Waals surface area contributed by atoms with E-state index in [0.717, 1.165) is 37.5 Å². The summed E-state index contributed by atoms with van der Waals surface area (Å²) in [5.41, 5.74) is 4.84. The first-order chi connectivity index (χ1) is 16.0. The number of allylic oxidation sites excluding steroid dienone is 3. The van der Waals surface area contributed by atoms with E-state index in [1.807, 2.05) is 12.4 Å². The molecule has 2 aromatic heterocycles. The Kier molecular flexibility index (Phi) is 4.86. The van der Waals surface area contributed by atoms with E-state index in [1.165, 1.54) is 46.9 Å². The van der Waals surface area contributed by atoms with Crippen LogP contribution in [0.15, 0.2) is 61.0 Å². The summed E-state index contributed by atoms with van der Waals surface area (Å²) in [7, 11) is 0. The molecule has 4 aliphatic rings. The fraction of sp³-hybridized carbons (Fsp3) is 0.536. The van der Waals surface area contributed by atoms with Gasteiger partial charge in [0, 0.05) is 31.2 Å². The third-order valence-electron chi connectivity index (χ3n) is 9.59. The van der Waals surface area contributed by atoms with Crippen molar-refractivity contribution < 1.29 is 9.53 Å². The van der Waals surface area contributed by atoms with Gasteiger partial charge in [0.1, 0.15) is 12.4 Å². The van der Waals surface area contributed by atoms with Crippen LogP contribution in [0.5, 0.6) is 0 Å². The number of nitrogens with zero attached hydrogens (tertiary/aromatic N) is 3. The van der Waals surface area contributed by atoms with E-state index in [9.17, 15) is 4.79 Å². The van der Waals surface area contributed by atoms with Gasteiger partial charge in [0.2, 0.25) is 0 Å². The molecule has 2 aromatic rings. The lowest BCUT2D eigenvalue weighted by Crippen LogP contribution is -2.50. The minimum atomic E-state index is -0.316. The first-order valence-corrected chi connectivity index (χ1v) is 12.5. The molecule has 0 bridgehead atoms. The zero-order valence-corrected chi connectivity index (χ0v) is 19.6. The van der Waals surface area contributed by atoms with Gasteiger partial charge in [-0.25, -0.2) is 14.3 Å². The van der Waals surface area contributed by atoms with Gasteiger partial charge < -0.3 is 4.74 Å². The summed E-state index contributed by atoms with van der Waals surface area (Å²) >= 11 is 0. The quantitative estimate of drug-likeness (QED) is 0.512. The Labute approximate surface area is 196 Å². The van der Waals surface area contributed by atoms with Crippen molar-refractivity contribution in [3.63, 3.8) is 0 Å². The number of aromatic nitrogens is 3. The number of carbonyl (C=O) groups excluding carboxylic acids is 1. The smallest absolute Gasteiger partial charge is 0.419 e. The van der Waals surface area contributed by atoms with E-state index in [1.54, 1.807) is 12.4 Å². The molecule has 0 radical (unpaired) electrons. The summed E-state index contributed by atoms with van der Waals surface area (Å²) in [6.07, 6.45) is 21.2. The Morgan fingerprint density at radius 3 is 2.73 bits per heavy atom. The van der Waals surface area contributed by atoms with Crippen LogP contribution in [-0.2, 0) is 4.74 Å². The summed E-state index contributed by atoms with van der Waals surface area (Å²) < 4.78 is 7.27. The Hall–Kier alpha value is -2.69. The highest BCUT2D eigenvalue weighted by atomic mass is 16.6. The molecule has 2 fully saturated rings. The third kappa shape index (κ3) is 3.23. The maximum atomic E-state index is 12.4. The maximum absolute atomic E-state index is 12.4. The van der Waals surface area contributed by atoms with Crippen molar-refractivity contribution in [3.05, 3.63) is 66.5 Å². The van der Waals surface area contributed by atoms with Crippen molar-refractivity contribution in [2.24, 2.45) is 28.6 Å². The molecule has 0 saturated heterocycles. The van der Waals surface area contributed by atoms with E-state index in [-0.39, 0.29) is 23.0 Å². The molecule has 172 valence electrons. The maximum Gasteiger partial charge on any atom is 0.419 e. The summed E-state index contributed by atoms with van der Waals surface area (Å²) in [6.45, 7) is 5.00. The molecule has 5 heteroatoms. The minimum absolute atomic E-state index is 0.0324. The van der Waals surface area contributed by atoms with Crippen LogP contribution in [0.3, 0.4) is 0 Å². The second-order valence-electron chi connectivity index (χ2n) is 11.0. The average Bonchev–Trinajstić information content (AvgIpc) is 3.48. The first-order valence-electron chi connectivity index (χ1n) is 12.5. The molecule has 0 N–H and O–H groups in total. The number of hydrogen-bond donors (Lipinski definition) is 0. The minimum Gasteiger partial charge on any atom is -0.445 e. The molecule has 33 heavy (non-hydrogen) atoms. The van der Waals surface area contributed by atoms with Gasteiger partial charge in [0.05, 0.1) is 0 Å². The van der Waals surface area contributed by atoms with Crippen molar-refractivity contribution in [2.75, 3.05) is 0 Å². The van der Waals surface area contributed by atoms with Gasteiger partial charge in [0.15, 0.2) is 0 Å². The van der Waals surface area contributed by atoms with Crippen LogP contribution < -0.4 is 0 Å². The number of rotatable bonds is 2. The number of ether oxygens (including phenoxy) is 1. The predicted molar refractivity (Wildman–Crippen MR) is 127 cm³/mol. The van der Waals surface area contributed by atoms with Gasteiger partial charge in [-0.2, -0.15) is 0 Å². The number of pyridine rings is 1. The number of fused-ring (bicyclic) bond motifs is 5. The summed E-state index contributed by atoms with van der Waals surface area (Å²) in [5.74, 6) is 2.16. The highest BCUT2D eigenvalue weighted by molar-refractivity contribution is 5.72. The Bertz CT molecular complexity index is 1110. The average molecular weight is 444 g/mol. The van der Waals surface area contributed by atoms with Gasteiger partial charge in [0.25, 0.3) is 0 Å². The van der Waals surface area contributed by atoms with Crippen LogP contribution in [-0.4, -0.2) is 26.7 Å². The van der Waals surface area contributed by atoms with E-state index in [4.69, 9.17) is 4.74 Å². The van der Waals surface area contributed by atoms with Crippen molar-refractivity contribution in [1.29, 1.82) is 0 Å². The third-order valence-corrected chi connectivity index (χ3v) is 9.59. The Morgan fingerprint density at radius 2 is 1.94 bits per heavy atom. The van der Waals surface area contributed by atoms with Gasteiger partial charge in [-0.3, -0.25) is 4.98 Å². The summed E-state index contributed by atoms with van der Waals surface area (Å²) in [6, 6.07) is 4.29. The van der Waals surface area contributed by atoms with E-state index < -0.39 is 0 Å². The fourth-order valence-corrected chi connectivity index (χ4v) is 7.84. The fourth-order valence-electron chi connectivity index (χ4n) is 7.84. The Morgan fingerprint density at radius 1 is 1.06 bits per heavy atom. The lowest BCUT2D eigenvalue weighted by molar-refractivity contribution is -0.0261. The lowest BCUT2D eigenvalue weighted by Gasteiger charge is -2.57. The van der Waals surface area contributed by atoms with E-state index in [0.29, 0.717) is 5.92 Å². The molecule has 6 atom stereocenters. The second kappa shape index (κ2) is 7.68. The SMILES string of the molecule is CC12CCC(OC(=O)n3ccnc3)CC1=CCC1C2CCC2(C)C(c3cccnc3)=CCC12. The molecule has 2 saturated carbocycles. The highest BCUT2D eigenvalue weighted by Crippen LogP contribution is 2.66. The largest absolute Gasteiger partial charge is 0.445 e. The van der Waals surface area contributed by atoms with Crippen LogP contribution in [0.1, 0.15) is 64.4 Å². The van der Waals surface area contributed by atoms with Crippen LogP contribution in [0.2, 0.25) is 0 Å². The van der Waals surface area contributed by atoms with Crippen molar-refractivity contribution in [3.8, 4) is 0 Å². The van der Waals surface area contributed by atoms with Crippen molar-refractivity contribution in [2.45, 2.75) is 64.9 Å². The van der Waals surface area contributed by atoms with Crippen LogP contribution >= 0.6 is 0 Å². The summed E-state index contributed by atoms with van der Waals surface area (Å²) in [5, 5.41) is 0. The zero-order chi connectivity index (χ0) is 22.6.